The quantitative estimate of drug-likeness (QED) is 0.735. The molecule has 150 valence electrons. The monoisotopic (exact) mass is 380 g/mol. The summed E-state index contributed by atoms with van der Waals surface area (Å²) in [6.45, 7) is 7.94. The fourth-order valence-electron chi connectivity index (χ4n) is 3.62. The van der Waals surface area contributed by atoms with Crippen LogP contribution < -0.4 is 10.1 Å². The Morgan fingerprint density at radius 2 is 1.79 bits per heavy atom. The minimum absolute atomic E-state index is 0.0681. The molecule has 28 heavy (non-hydrogen) atoms. The lowest BCUT2D eigenvalue weighted by Crippen LogP contribution is -2.37. The zero-order chi connectivity index (χ0) is 19.8. The smallest absolute Gasteiger partial charge is 0.261 e. The van der Waals surface area contributed by atoms with Crippen LogP contribution in [0.5, 0.6) is 5.75 Å². The zero-order valence-corrected chi connectivity index (χ0v) is 17.1. The molecule has 1 saturated heterocycles. The molecule has 3 rings (SSSR count). The van der Waals surface area contributed by atoms with Crippen LogP contribution in [-0.4, -0.2) is 30.0 Å². The summed E-state index contributed by atoms with van der Waals surface area (Å²) in [5.41, 5.74) is 3.57. The van der Waals surface area contributed by atoms with Crippen LogP contribution in [0.15, 0.2) is 48.5 Å². The van der Waals surface area contributed by atoms with Crippen molar-refractivity contribution in [3.8, 4) is 5.75 Å². The summed E-state index contributed by atoms with van der Waals surface area (Å²) >= 11 is 0. The number of nitrogens with zero attached hydrogens (tertiary/aromatic N) is 1. The van der Waals surface area contributed by atoms with E-state index in [1.807, 2.05) is 38.1 Å². The van der Waals surface area contributed by atoms with Crippen molar-refractivity contribution in [2.24, 2.45) is 0 Å². The highest BCUT2D eigenvalue weighted by Crippen LogP contribution is 2.16. The van der Waals surface area contributed by atoms with Gasteiger partial charge in [-0.2, -0.15) is 0 Å². The van der Waals surface area contributed by atoms with Crippen molar-refractivity contribution in [1.29, 1.82) is 0 Å². The molecule has 2 aromatic carbocycles. The highest BCUT2D eigenvalue weighted by molar-refractivity contribution is 5.81. The number of rotatable bonds is 8. The Kier molecular flexibility index (Phi) is 7.49. The number of hydrogen-bond acceptors (Lipinski definition) is 3. The molecule has 0 spiro atoms. The Balaban J connectivity index is 1.48. The van der Waals surface area contributed by atoms with Gasteiger partial charge in [-0.05, 0) is 68.1 Å². The third kappa shape index (κ3) is 6.10. The highest BCUT2D eigenvalue weighted by Gasteiger charge is 2.18. The number of hydrogen-bond donors (Lipinski definition) is 1. The Bertz CT molecular complexity index is 751. The predicted molar refractivity (Wildman–Crippen MR) is 113 cm³/mol. The first kappa shape index (κ1) is 20.4. The van der Waals surface area contributed by atoms with Gasteiger partial charge in [-0.25, -0.2) is 0 Å². The lowest BCUT2D eigenvalue weighted by Gasteiger charge is -2.26. The highest BCUT2D eigenvalue weighted by atomic mass is 16.5. The van der Waals surface area contributed by atoms with Crippen molar-refractivity contribution in [3.63, 3.8) is 0 Å². The van der Waals surface area contributed by atoms with E-state index in [9.17, 15) is 4.79 Å². The molecular formula is C24H32N2O2. The molecule has 1 N–H and O–H groups in total. The van der Waals surface area contributed by atoms with E-state index in [2.05, 4.69) is 34.5 Å². The fourth-order valence-corrected chi connectivity index (χ4v) is 3.62. The second-order valence-corrected chi connectivity index (χ2v) is 7.70. The van der Waals surface area contributed by atoms with E-state index in [1.54, 1.807) is 0 Å². The first-order chi connectivity index (χ1) is 13.6. The Hall–Kier alpha value is -2.33. The van der Waals surface area contributed by atoms with E-state index < -0.39 is 6.10 Å². The lowest BCUT2D eigenvalue weighted by molar-refractivity contribution is -0.128. The van der Waals surface area contributed by atoms with Crippen molar-refractivity contribution in [3.05, 3.63) is 65.2 Å². The summed E-state index contributed by atoms with van der Waals surface area (Å²) in [5, 5.41) is 3.01. The van der Waals surface area contributed by atoms with Crippen molar-refractivity contribution < 1.29 is 9.53 Å². The number of ether oxygens (including phenoxy) is 1. The van der Waals surface area contributed by atoms with Crippen molar-refractivity contribution in [2.45, 2.75) is 58.7 Å². The van der Waals surface area contributed by atoms with E-state index in [1.165, 1.54) is 37.9 Å². The van der Waals surface area contributed by atoms with Gasteiger partial charge in [-0.15, -0.1) is 0 Å². The predicted octanol–water partition coefficient (Wildman–Crippen LogP) is 4.45. The molecule has 1 amide bonds. The summed E-state index contributed by atoms with van der Waals surface area (Å²) in [5.74, 6) is 0.672. The van der Waals surface area contributed by atoms with E-state index >= 15 is 0 Å². The topological polar surface area (TPSA) is 41.6 Å². The molecule has 2 aromatic rings. The van der Waals surface area contributed by atoms with Gasteiger partial charge in [0.2, 0.25) is 0 Å². The molecule has 0 aromatic heterocycles. The maximum absolute atomic E-state index is 12.5. The SMILES string of the molecule is CCC(Oc1cccc(C)c1)C(=O)NCc1ccc(CN2CCCCC2)cc1. The number of amides is 1. The Labute approximate surface area is 168 Å². The normalized spacial score (nSPS) is 15.8. The summed E-state index contributed by atoms with van der Waals surface area (Å²) in [7, 11) is 0. The maximum Gasteiger partial charge on any atom is 0.261 e. The summed E-state index contributed by atoms with van der Waals surface area (Å²) in [6.07, 6.45) is 4.15. The molecule has 4 nitrogen and oxygen atoms in total. The standard InChI is InChI=1S/C24H32N2O2/c1-3-23(28-22-9-7-8-19(2)16-22)24(27)25-17-20-10-12-21(13-11-20)18-26-14-5-4-6-15-26/h7-13,16,23H,3-6,14-15,17-18H2,1-2H3,(H,25,27). The van der Waals surface area contributed by atoms with Gasteiger partial charge in [0, 0.05) is 13.1 Å². The lowest BCUT2D eigenvalue weighted by atomic mass is 10.1. The largest absolute Gasteiger partial charge is 0.481 e. The van der Waals surface area contributed by atoms with E-state index in [-0.39, 0.29) is 5.91 Å². The van der Waals surface area contributed by atoms with Gasteiger partial charge in [0.1, 0.15) is 5.75 Å². The number of carbonyl (C=O) groups excluding carboxylic acids is 1. The molecule has 1 aliphatic rings. The molecule has 1 heterocycles. The molecule has 0 bridgehead atoms. The molecule has 1 atom stereocenters. The maximum atomic E-state index is 12.5. The number of nitrogens with one attached hydrogen (secondary N) is 1. The molecule has 1 aliphatic heterocycles. The number of aryl methyl sites for hydroxylation is 1. The number of carbonyl (C=O) groups is 1. The minimum atomic E-state index is -0.472. The average Bonchev–Trinajstić information content (AvgIpc) is 2.72. The van der Waals surface area contributed by atoms with Crippen molar-refractivity contribution in [1.82, 2.24) is 10.2 Å². The van der Waals surface area contributed by atoms with Crippen LogP contribution in [0.25, 0.3) is 0 Å². The van der Waals surface area contributed by atoms with Gasteiger partial charge in [0.05, 0.1) is 0 Å². The summed E-state index contributed by atoms with van der Waals surface area (Å²) < 4.78 is 5.88. The minimum Gasteiger partial charge on any atom is -0.481 e. The summed E-state index contributed by atoms with van der Waals surface area (Å²) in [6, 6.07) is 16.4. The van der Waals surface area contributed by atoms with Gasteiger partial charge in [0.15, 0.2) is 6.10 Å². The average molecular weight is 381 g/mol. The second kappa shape index (κ2) is 10.3. The molecule has 1 unspecified atom stereocenters. The molecular weight excluding hydrogens is 348 g/mol. The van der Waals surface area contributed by atoms with Gasteiger partial charge in [0.25, 0.3) is 5.91 Å². The van der Waals surface area contributed by atoms with Gasteiger partial charge in [-0.1, -0.05) is 49.7 Å². The molecule has 1 fully saturated rings. The van der Waals surface area contributed by atoms with Crippen LogP contribution >= 0.6 is 0 Å². The van der Waals surface area contributed by atoms with Gasteiger partial charge in [-0.3, -0.25) is 9.69 Å². The third-order valence-corrected chi connectivity index (χ3v) is 5.28. The Morgan fingerprint density at radius 1 is 1.07 bits per heavy atom. The first-order valence-electron chi connectivity index (χ1n) is 10.5. The van der Waals surface area contributed by atoms with E-state index in [4.69, 9.17) is 4.74 Å². The number of likely N-dealkylation sites (tertiary alicyclic amines) is 1. The number of benzene rings is 2. The molecule has 0 radical (unpaired) electrons. The van der Waals surface area contributed by atoms with E-state index in [0.29, 0.717) is 13.0 Å². The second-order valence-electron chi connectivity index (χ2n) is 7.70. The van der Waals surface area contributed by atoms with Crippen molar-refractivity contribution in [2.75, 3.05) is 13.1 Å². The van der Waals surface area contributed by atoms with Gasteiger partial charge >= 0.3 is 0 Å². The Morgan fingerprint density at radius 3 is 2.46 bits per heavy atom. The van der Waals surface area contributed by atoms with Crippen LogP contribution in [0.1, 0.15) is 49.3 Å². The molecule has 4 heteroatoms. The van der Waals surface area contributed by atoms with E-state index in [0.717, 1.165) is 23.4 Å². The van der Waals surface area contributed by atoms with Crippen LogP contribution in [0.2, 0.25) is 0 Å². The first-order valence-corrected chi connectivity index (χ1v) is 10.5. The molecule has 0 saturated carbocycles. The molecule has 0 aliphatic carbocycles. The van der Waals surface area contributed by atoms with Crippen LogP contribution in [-0.2, 0) is 17.9 Å². The van der Waals surface area contributed by atoms with Crippen LogP contribution in [0.4, 0.5) is 0 Å². The zero-order valence-electron chi connectivity index (χ0n) is 17.1. The third-order valence-electron chi connectivity index (χ3n) is 5.28. The van der Waals surface area contributed by atoms with Gasteiger partial charge < -0.3 is 10.1 Å². The summed E-state index contributed by atoms with van der Waals surface area (Å²) in [4.78, 5) is 15.0. The van der Waals surface area contributed by atoms with Crippen molar-refractivity contribution >= 4 is 5.91 Å². The number of piperidine rings is 1. The van der Waals surface area contributed by atoms with Crippen LogP contribution in [0.3, 0.4) is 0 Å². The fraction of sp³-hybridized carbons (Fsp3) is 0.458. The van der Waals surface area contributed by atoms with Crippen LogP contribution in [0, 0.1) is 6.92 Å².